The Morgan fingerprint density at radius 1 is 0.773 bits per heavy atom. The number of benzene rings is 4. The molecule has 0 aromatic heterocycles. The van der Waals surface area contributed by atoms with Gasteiger partial charge in [-0.2, -0.15) is 0 Å². The third kappa shape index (κ3) is 9.13. The van der Waals surface area contributed by atoms with Crippen molar-refractivity contribution in [2.24, 2.45) is 5.92 Å². The van der Waals surface area contributed by atoms with Crippen molar-refractivity contribution in [2.75, 3.05) is 13.2 Å². The van der Waals surface area contributed by atoms with Crippen LogP contribution in [0.5, 0.6) is 5.75 Å². The molecule has 44 heavy (non-hydrogen) atoms. The van der Waals surface area contributed by atoms with Gasteiger partial charge in [-0.1, -0.05) is 110 Å². The van der Waals surface area contributed by atoms with Gasteiger partial charge in [-0.25, -0.2) is 8.78 Å². The second-order valence-electron chi connectivity index (χ2n) is 10.9. The molecule has 3 unspecified atom stereocenters. The first-order valence-corrected chi connectivity index (χ1v) is 15.9. The Morgan fingerprint density at radius 3 is 2.05 bits per heavy atom. The van der Waals surface area contributed by atoms with Crippen molar-refractivity contribution in [3.05, 3.63) is 136 Å². The fourth-order valence-electron chi connectivity index (χ4n) is 5.67. The maximum Gasteiger partial charge on any atom is 0.260 e. The van der Waals surface area contributed by atoms with E-state index in [0.29, 0.717) is 36.8 Å². The van der Waals surface area contributed by atoms with Crippen molar-refractivity contribution in [1.29, 1.82) is 0 Å². The lowest BCUT2D eigenvalue weighted by Gasteiger charge is -2.42. The molecule has 0 N–H and O–H groups in total. The molecule has 1 aliphatic rings. The first kappa shape index (κ1) is 33.6. The highest BCUT2D eigenvalue weighted by molar-refractivity contribution is 6.31. The van der Waals surface area contributed by atoms with Crippen molar-refractivity contribution in [1.82, 2.24) is 0 Å². The Kier molecular flexibility index (Phi) is 12.8. The van der Waals surface area contributed by atoms with Crippen molar-refractivity contribution in [2.45, 2.75) is 71.2 Å². The van der Waals surface area contributed by atoms with E-state index in [2.05, 4.69) is 0 Å². The molecule has 3 nitrogen and oxygen atoms in total. The van der Waals surface area contributed by atoms with E-state index < -0.39 is 17.8 Å². The zero-order valence-corrected chi connectivity index (χ0v) is 26.6. The van der Waals surface area contributed by atoms with Gasteiger partial charge < -0.3 is 14.2 Å². The normalized spacial score (nSPS) is 19.1. The van der Waals surface area contributed by atoms with Crippen LogP contribution in [0.3, 0.4) is 0 Å². The number of hydrogen-bond donors (Lipinski definition) is 0. The minimum absolute atomic E-state index is 0.0454. The Labute approximate surface area is 266 Å². The SMILES string of the molecule is CC.CCOc1ccc(Cc2cc(C3CC(OCc4ccccc4)CC(COCc4ccccc4)C3(F)F)ccc2Cl)cc1. The summed E-state index contributed by atoms with van der Waals surface area (Å²) in [5.41, 5.74) is 4.41. The van der Waals surface area contributed by atoms with Gasteiger partial charge in [0.05, 0.1) is 38.4 Å². The zero-order chi connectivity index (χ0) is 31.4. The van der Waals surface area contributed by atoms with Crippen LogP contribution in [0.25, 0.3) is 0 Å². The summed E-state index contributed by atoms with van der Waals surface area (Å²) in [4.78, 5) is 0. The fraction of sp³-hybridized carbons (Fsp3) is 0.368. The summed E-state index contributed by atoms with van der Waals surface area (Å²) in [5, 5.41) is 0.561. The molecule has 4 aromatic carbocycles. The summed E-state index contributed by atoms with van der Waals surface area (Å²) in [5.74, 6) is -4.18. The maximum atomic E-state index is 16.3. The van der Waals surface area contributed by atoms with Crippen LogP contribution in [0.4, 0.5) is 8.78 Å². The molecule has 1 fully saturated rings. The Hall–Kier alpha value is -3.25. The number of halogens is 3. The molecule has 0 spiro atoms. The molecule has 1 saturated carbocycles. The van der Waals surface area contributed by atoms with Gasteiger partial charge in [0.1, 0.15) is 5.75 Å². The third-order valence-corrected chi connectivity index (χ3v) is 8.28. The highest BCUT2D eigenvalue weighted by Crippen LogP contribution is 2.49. The average molecular weight is 621 g/mol. The summed E-state index contributed by atoms with van der Waals surface area (Å²) in [7, 11) is 0. The Bertz CT molecular complexity index is 1400. The predicted octanol–water partition coefficient (Wildman–Crippen LogP) is 10.3. The van der Waals surface area contributed by atoms with Crippen molar-refractivity contribution in [3.8, 4) is 5.75 Å². The van der Waals surface area contributed by atoms with Gasteiger partial charge in [0.2, 0.25) is 0 Å². The molecule has 3 atom stereocenters. The molecular weight excluding hydrogens is 578 g/mol. The van der Waals surface area contributed by atoms with Gasteiger partial charge in [0.15, 0.2) is 0 Å². The van der Waals surface area contributed by atoms with Gasteiger partial charge in [-0.05, 0) is 72.2 Å². The van der Waals surface area contributed by atoms with Crippen LogP contribution in [-0.2, 0) is 29.1 Å². The van der Waals surface area contributed by atoms with Crippen LogP contribution in [0.1, 0.15) is 67.3 Å². The van der Waals surface area contributed by atoms with Crippen LogP contribution in [-0.4, -0.2) is 25.2 Å². The molecular formula is C38H43ClF2O3. The smallest absolute Gasteiger partial charge is 0.260 e. The number of ether oxygens (including phenoxy) is 3. The molecule has 1 aliphatic carbocycles. The summed E-state index contributed by atoms with van der Waals surface area (Å²) < 4.78 is 50.2. The summed E-state index contributed by atoms with van der Waals surface area (Å²) in [6.45, 7) is 7.16. The van der Waals surface area contributed by atoms with Crippen molar-refractivity contribution >= 4 is 11.6 Å². The van der Waals surface area contributed by atoms with E-state index in [1.54, 1.807) is 12.1 Å². The van der Waals surface area contributed by atoms with E-state index >= 15 is 8.78 Å². The largest absolute Gasteiger partial charge is 0.494 e. The Morgan fingerprint density at radius 2 is 1.41 bits per heavy atom. The number of hydrogen-bond acceptors (Lipinski definition) is 3. The molecule has 0 heterocycles. The first-order chi connectivity index (χ1) is 21.4. The van der Waals surface area contributed by atoms with Crippen LogP contribution < -0.4 is 4.74 Å². The minimum Gasteiger partial charge on any atom is -0.494 e. The minimum atomic E-state index is -2.98. The standard InChI is InChI=1S/C36H37ClF2O3.C2H6/c1-2-41-32-16-13-26(14-17-32)19-30-20-29(15-18-35(30)37)34-22-33(42-24-28-11-7-4-8-12-28)21-31(36(34,38)39)25-40-23-27-9-5-3-6-10-27;1-2/h3-18,20,31,33-34H,2,19,21-25H2,1H3;1-2H3. The quantitative estimate of drug-likeness (QED) is 0.158. The van der Waals surface area contributed by atoms with Crippen LogP contribution >= 0.6 is 11.6 Å². The summed E-state index contributed by atoms with van der Waals surface area (Å²) in [6.07, 6.45) is 0.664. The monoisotopic (exact) mass is 620 g/mol. The second kappa shape index (κ2) is 16.7. The van der Waals surface area contributed by atoms with Crippen LogP contribution in [0, 0.1) is 5.92 Å². The lowest BCUT2D eigenvalue weighted by molar-refractivity contribution is -0.161. The van der Waals surface area contributed by atoms with E-state index in [4.69, 9.17) is 25.8 Å². The highest BCUT2D eigenvalue weighted by Gasteiger charge is 2.53. The summed E-state index contributed by atoms with van der Waals surface area (Å²) >= 11 is 6.58. The van der Waals surface area contributed by atoms with E-state index in [1.807, 2.05) is 112 Å². The topological polar surface area (TPSA) is 27.7 Å². The predicted molar refractivity (Wildman–Crippen MR) is 175 cm³/mol. The molecule has 5 rings (SSSR count). The van der Waals surface area contributed by atoms with E-state index in [9.17, 15) is 0 Å². The van der Waals surface area contributed by atoms with Gasteiger partial charge in [0, 0.05) is 10.9 Å². The lowest BCUT2D eigenvalue weighted by atomic mass is 9.73. The second-order valence-corrected chi connectivity index (χ2v) is 11.3. The molecule has 4 aromatic rings. The van der Waals surface area contributed by atoms with Gasteiger partial charge in [-0.15, -0.1) is 0 Å². The zero-order valence-electron chi connectivity index (χ0n) is 25.9. The van der Waals surface area contributed by atoms with Crippen molar-refractivity contribution < 1.29 is 23.0 Å². The molecule has 0 saturated heterocycles. The molecule has 0 amide bonds. The summed E-state index contributed by atoms with van der Waals surface area (Å²) in [6, 6.07) is 32.6. The third-order valence-electron chi connectivity index (χ3n) is 7.92. The molecule has 234 valence electrons. The van der Waals surface area contributed by atoms with Crippen LogP contribution in [0.15, 0.2) is 103 Å². The highest BCUT2D eigenvalue weighted by atomic mass is 35.5. The molecule has 0 aliphatic heterocycles. The van der Waals surface area contributed by atoms with E-state index in [1.165, 1.54) is 0 Å². The molecule has 0 radical (unpaired) electrons. The van der Waals surface area contributed by atoms with Crippen molar-refractivity contribution in [3.63, 3.8) is 0 Å². The number of alkyl halides is 2. The molecule has 6 heteroatoms. The van der Waals surface area contributed by atoms with Gasteiger partial charge in [0.25, 0.3) is 5.92 Å². The van der Waals surface area contributed by atoms with Gasteiger partial charge >= 0.3 is 0 Å². The number of rotatable bonds is 12. The Balaban J connectivity index is 0.00000216. The van der Waals surface area contributed by atoms with Crippen LogP contribution in [0.2, 0.25) is 5.02 Å². The lowest BCUT2D eigenvalue weighted by Crippen LogP contribution is -2.46. The van der Waals surface area contributed by atoms with E-state index in [-0.39, 0.29) is 25.6 Å². The van der Waals surface area contributed by atoms with E-state index in [0.717, 1.165) is 28.0 Å². The average Bonchev–Trinajstić information content (AvgIpc) is 3.05. The first-order valence-electron chi connectivity index (χ1n) is 15.6. The molecule has 0 bridgehead atoms. The van der Waals surface area contributed by atoms with Gasteiger partial charge in [-0.3, -0.25) is 0 Å². The maximum absolute atomic E-state index is 16.3. The fourth-order valence-corrected chi connectivity index (χ4v) is 5.85.